The molecule has 0 radical (unpaired) electrons. The lowest BCUT2D eigenvalue weighted by Crippen LogP contribution is -2.30. The van der Waals surface area contributed by atoms with Crippen molar-refractivity contribution in [3.63, 3.8) is 0 Å². The Hall–Kier alpha value is -1.55. The monoisotopic (exact) mass is 279 g/mol. The van der Waals surface area contributed by atoms with Crippen LogP contribution in [0.5, 0.6) is 5.75 Å². The van der Waals surface area contributed by atoms with E-state index in [9.17, 15) is 9.90 Å². The topological polar surface area (TPSA) is 58.6 Å². The highest BCUT2D eigenvalue weighted by Gasteiger charge is 2.07. The van der Waals surface area contributed by atoms with Crippen molar-refractivity contribution in [2.75, 3.05) is 13.2 Å². The predicted octanol–water partition coefficient (Wildman–Crippen LogP) is 2.59. The molecule has 4 nitrogen and oxygen atoms in total. The minimum absolute atomic E-state index is 0.0208. The van der Waals surface area contributed by atoms with Gasteiger partial charge in [-0.05, 0) is 49.4 Å². The van der Waals surface area contributed by atoms with Gasteiger partial charge >= 0.3 is 0 Å². The number of ether oxygens (including phenoxy) is 1. The number of aliphatic hydroxyl groups excluding tert-OH is 1. The van der Waals surface area contributed by atoms with Crippen molar-refractivity contribution in [2.24, 2.45) is 5.92 Å². The Balaban J connectivity index is 2.43. The fourth-order valence-corrected chi connectivity index (χ4v) is 1.79. The summed E-state index contributed by atoms with van der Waals surface area (Å²) in [5.74, 6) is 1.14. The van der Waals surface area contributed by atoms with Crippen LogP contribution in [0, 0.1) is 12.8 Å². The molecule has 1 rings (SSSR count). The van der Waals surface area contributed by atoms with Crippen molar-refractivity contribution in [1.82, 2.24) is 5.32 Å². The Morgan fingerprint density at radius 3 is 2.60 bits per heavy atom. The van der Waals surface area contributed by atoms with E-state index in [4.69, 9.17) is 4.74 Å². The summed E-state index contributed by atoms with van der Waals surface area (Å²) >= 11 is 0. The highest BCUT2D eigenvalue weighted by Crippen LogP contribution is 2.22. The summed E-state index contributed by atoms with van der Waals surface area (Å²) in [6.45, 7) is 8.56. The minimum atomic E-state index is -0.498. The second-order valence-corrected chi connectivity index (χ2v) is 5.52. The van der Waals surface area contributed by atoms with Crippen LogP contribution in [-0.2, 0) is 4.79 Å². The average Bonchev–Trinajstić information content (AvgIpc) is 2.36. The van der Waals surface area contributed by atoms with E-state index in [0.29, 0.717) is 18.2 Å². The maximum Gasteiger partial charge on any atom is 0.257 e. The first-order chi connectivity index (χ1) is 9.40. The van der Waals surface area contributed by atoms with Gasteiger partial charge in [-0.3, -0.25) is 4.79 Å². The molecule has 2 N–H and O–H groups in total. The third-order valence-corrected chi connectivity index (χ3v) is 3.08. The number of aliphatic hydroxyl groups is 1. The van der Waals surface area contributed by atoms with E-state index in [2.05, 4.69) is 19.2 Å². The standard InChI is InChI=1S/C16H25NO3/c1-11(2)7-8-17-16(19)10-20-15-6-5-14(13(4)18)9-12(15)3/h5-6,9,11,13,18H,7-8,10H2,1-4H3,(H,17,19)/t13-/m0/s1. The van der Waals surface area contributed by atoms with Crippen molar-refractivity contribution >= 4 is 5.91 Å². The summed E-state index contributed by atoms with van der Waals surface area (Å²) in [6.07, 6.45) is 0.468. The minimum Gasteiger partial charge on any atom is -0.484 e. The molecule has 4 heteroatoms. The van der Waals surface area contributed by atoms with E-state index in [1.807, 2.05) is 19.1 Å². The molecule has 0 fully saturated rings. The second kappa shape index (κ2) is 7.90. The zero-order valence-corrected chi connectivity index (χ0v) is 12.8. The van der Waals surface area contributed by atoms with Crippen LogP contribution in [0.1, 0.15) is 44.4 Å². The lowest BCUT2D eigenvalue weighted by molar-refractivity contribution is -0.123. The van der Waals surface area contributed by atoms with Crippen molar-refractivity contribution < 1.29 is 14.6 Å². The van der Waals surface area contributed by atoms with Crippen molar-refractivity contribution in [2.45, 2.75) is 40.2 Å². The van der Waals surface area contributed by atoms with Crippen molar-refractivity contribution in [3.05, 3.63) is 29.3 Å². The van der Waals surface area contributed by atoms with Crippen LogP contribution in [0.4, 0.5) is 0 Å². The summed E-state index contributed by atoms with van der Waals surface area (Å²) in [7, 11) is 0. The maximum atomic E-state index is 11.6. The molecule has 20 heavy (non-hydrogen) atoms. The van der Waals surface area contributed by atoms with Gasteiger partial charge < -0.3 is 15.2 Å². The third-order valence-electron chi connectivity index (χ3n) is 3.08. The van der Waals surface area contributed by atoms with Crippen LogP contribution in [0.2, 0.25) is 0 Å². The van der Waals surface area contributed by atoms with Gasteiger partial charge in [0.2, 0.25) is 0 Å². The van der Waals surface area contributed by atoms with Gasteiger partial charge in [-0.25, -0.2) is 0 Å². The van der Waals surface area contributed by atoms with Crippen LogP contribution >= 0.6 is 0 Å². The van der Waals surface area contributed by atoms with Gasteiger partial charge in [0.25, 0.3) is 5.91 Å². The number of rotatable bonds is 7. The van der Waals surface area contributed by atoms with Crippen LogP contribution in [0.3, 0.4) is 0 Å². The van der Waals surface area contributed by atoms with E-state index in [-0.39, 0.29) is 12.5 Å². The average molecular weight is 279 g/mol. The smallest absolute Gasteiger partial charge is 0.257 e. The summed E-state index contributed by atoms with van der Waals surface area (Å²) < 4.78 is 5.50. The summed E-state index contributed by atoms with van der Waals surface area (Å²) in [5, 5.41) is 12.3. The zero-order chi connectivity index (χ0) is 15.1. The molecule has 0 aliphatic heterocycles. The molecule has 1 atom stereocenters. The normalized spacial score (nSPS) is 12.3. The first-order valence-corrected chi connectivity index (χ1v) is 7.08. The summed E-state index contributed by atoms with van der Waals surface area (Å²) in [4.78, 5) is 11.6. The SMILES string of the molecule is Cc1cc([C@H](C)O)ccc1OCC(=O)NCCC(C)C. The lowest BCUT2D eigenvalue weighted by atomic mass is 10.1. The summed E-state index contributed by atoms with van der Waals surface area (Å²) in [5.41, 5.74) is 1.76. The Morgan fingerprint density at radius 1 is 1.35 bits per heavy atom. The molecule has 1 aromatic carbocycles. The van der Waals surface area contributed by atoms with Crippen LogP contribution < -0.4 is 10.1 Å². The van der Waals surface area contributed by atoms with E-state index in [1.54, 1.807) is 13.0 Å². The molecule has 0 spiro atoms. The number of hydrogen-bond donors (Lipinski definition) is 2. The van der Waals surface area contributed by atoms with Crippen LogP contribution in [-0.4, -0.2) is 24.2 Å². The van der Waals surface area contributed by atoms with Crippen molar-refractivity contribution in [3.8, 4) is 5.75 Å². The number of aryl methyl sites for hydroxylation is 1. The van der Waals surface area contributed by atoms with Gasteiger partial charge in [0, 0.05) is 6.54 Å². The molecule has 1 amide bonds. The molecule has 0 heterocycles. The van der Waals surface area contributed by atoms with Gasteiger partial charge in [-0.15, -0.1) is 0 Å². The molecule has 0 unspecified atom stereocenters. The third kappa shape index (κ3) is 5.61. The molecule has 0 saturated heterocycles. The quantitative estimate of drug-likeness (QED) is 0.806. The fourth-order valence-electron chi connectivity index (χ4n) is 1.79. The fraction of sp³-hybridized carbons (Fsp3) is 0.562. The number of benzene rings is 1. The summed E-state index contributed by atoms with van der Waals surface area (Å²) in [6, 6.07) is 5.47. The van der Waals surface area contributed by atoms with Crippen LogP contribution in [0.15, 0.2) is 18.2 Å². The highest BCUT2D eigenvalue weighted by molar-refractivity contribution is 5.77. The molecule has 0 aliphatic carbocycles. The number of hydrogen-bond acceptors (Lipinski definition) is 3. The van der Waals surface area contributed by atoms with E-state index in [1.165, 1.54) is 0 Å². The van der Waals surface area contributed by atoms with E-state index >= 15 is 0 Å². The van der Waals surface area contributed by atoms with Gasteiger partial charge in [-0.1, -0.05) is 19.9 Å². The molecule has 0 bridgehead atoms. The van der Waals surface area contributed by atoms with Gasteiger partial charge in [0.1, 0.15) is 5.75 Å². The number of nitrogens with one attached hydrogen (secondary N) is 1. The first kappa shape index (κ1) is 16.5. The van der Waals surface area contributed by atoms with Crippen LogP contribution in [0.25, 0.3) is 0 Å². The number of carbonyl (C=O) groups excluding carboxylic acids is 1. The highest BCUT2D eigenvalue weighted by atomic mass is 16.5. The molecule has 0 aliphatic rings. The molecule has 0 aromatic heterocycles. The van der Waals surface area contributed by atoms with E-state index in [0.717, 1.165) is 17.5 Å². The zero-order valence-electron chi connectivity index (χ0n) is 12.8. The van der Waals surface area contributed by atoms with Gasteiger partial charge in [0.15, 0.2) is 6.61 Å². The Morgan fingerprint density at radius 2 is 2.05 bits per heavy atom. The molecular weight excluding hydrogens is 254 g/mol. The Labute approximate surface area is 121 Å². The largest absolute Gasteiger partial charge is 0.484 e. The van der Waals surface area contributed by atoms with Gasteiger partial charge in [-0.2, -0.15) is 0 Å². The maximum absolute atomic E-state index is 11.6. The molecule has 112 valence electrons. The van der Waals surface area contributed by atoms with Gasteiger partial charge in [0.05, 0.1) is 6.10 Å². The first-order valence-electron chi connectivity index (χ1n) is 7.08. The Kier molecular flexibility index (Phi) is 6.52. The van der Waals surface area contributed by atoms with Crippen molar-refractivity contribution in [1.29, 1.82) is 0 Å². The second-order valence-electron chi connectivity index (χ2n) is 5.52. The number of amides is 1. The Bertz CT molecular complexity index is 441. The van der Waals surface area contributed by atoms with E-state index < -0.39 is 6.10 Å². The lowest BCUT2D eigenvalue weighted by Gasteiger charge is -2.12. The number of carbonyl (C=O) groups is 1. The molecular formula is C16H25NO3. The molecule has 1 aromatic rings. The molecule has 0 saturated carbocycles. The predicted molar refractivity (Wildman–Crippen MR) is 79.8 cm³/mol.